The number of carbonyl (C=O) groups excluding carboxylic acids is 1. The average Bonchev–Trinajstić information content (AvgIpc) is 3.19. The van der Waals surface area contributed by atoms with Gasteiger partial charge in [-0.3, -0.25) is 4.79 Å². The fourth-order valence-electron chi connectivity index (χ4n) is 4.24. The molecule has 0 radical (unpaired) electrons. The Morgan fingerprint density at radius 2 is 1.64 bits per heavy atom. The van der Waals surface area contributed by atoms with Crippen LogP contribution in [-0.4, -0.2) is 81.5 Å². The standard InChI is InChI=1S/C23H28N2O6S2/c26-23(17-31-22-9-5-4-8-20(22)16-19-6-2-1-3-7-19)24-11-13-25(14-12-24)33(29,30)21-10-15-32(27,28)18-21/h1-9,21H,10-18H2. The van der Waals surface area contributed by atoms with Crippen LogP contribution in [0.1, 0.15) is 17.5 Å². The maximum absolute atomic E-state index is 12.8. The summed E-state index contributed by atoms with van der Waals surface area (Å²) in [5.74, 6) is 0.0479. The molecule has 1 amide bonds. The third-order valence-electron chi connectivity index (χ3n) is 6.12. The van der Waals surface area contributed by atoms with Gasteiger partial charge in [-0.2, -0.15) is 4.31 Å². The zero-order valence-electron chi connectivity index (χ0n) is 18.3. The zero-order valence-corrected chi connectivity index (χ0v) is 19.9. The Balaban J connectivity index is 1.31. The summed E-state index contributed by atoms with van der Waals surface area (Å²) in [6.45, 7) is 0.711. The Morgan fingerprint density at radius 1 is 0.970 bits per heavy atom. The molecule has 2 aromatic rings. The maximum atomic E-state index is 12.8. The zero-order chi connectivity index (χ0) is 23.5. The quantitative estimate of drug-likeness (QED) is 0.578. The van der Waals surface area contributed by atoms with E-state index in [2.05, 4.69) is 0 Å². The molecule has 178 valence electrons. The number of rotatable bonds is 7. The summed E-state index contributed by atoms with van der Waals surface area (Å²) in [5, 5.41) is -0.880. The van der Waals surface area contributed by atoms with Crippen LogP contribution in [0.15, 0.2) is 54.6 Å². The topological polar surface area (TPSA) is 101 Å². The molecule has 0 aliphatic carbocycles. The van der Waals surface area contributed by atoms with Gasteiger partial charge in [-0.15, -0.1) is 0 Å². The second-order valence-electron chi connectivity index (χ2n) is 8.41. The van der Waals surface area contributed by atoms with Crippen molar-refractivity contribution >= 4 is 25.8 Å². The minimum absolute atomic E-state index is 0.0849. The number of amides is 1. The number of sulfonamides is 1. The summed E-state index contributed by atoms with van der Waals surface area (Å²) in [6.07, 6.45) is 0.832. The van der Waals surface area contributed by atoms with Crippen molar-refractivity contribution in [2.45, 2.75) is 18.1 Å². The first-order valence-electron chi connectivity index (χ1n) is 11.0. The van der Waals surface area contributed by atoms with Crippen molar-refractivity contribution in [3.05, 3.63) is 65.7 Å². The lowest BCUT2D eigenvalue weighted by molar-refractivity contribution is -0.134. The van der Waals surface area contributed by atoms with E-state index >= 15 is 0 Å². The van der Waals surface area contributed by atoms with Crippen molar-refractivity contribution < 1.29 is 26.4 Å². The predicted octanol–water partition coefficient (Wildman–Crippen LogP) is 1.32. The van der Waals surface area contributed by atoms with E-state index in [1.165, 1.54) is 4.31 Å². The van der Waals surface area contributed by atoms with E-state index in [1.54, 1.807) is 4.90 Å². The van der Waals surface area contributed by atoms with Crippen molar-refractivity contribution in [1.82, 2.24) is 9.21 Å². The molecule has 10 heteroatoms. The molecule has 8 nitrogen and oxygen atoms in total. The lowest BCUT2D eigenvalue weighted by Gasteiger charge is -2.35. The number of piperazine rings is 1. The number of hydrogen-bond donors (Lipinski definition) is 0. The Hall–Kier alpha value is -2.43. The van der Waals surface area contributed by atoms with Crippen LogP contribution >= 0.6 is 0 Å². The molecule has 0 spiro atoms. The van der Waals surface area contributed by atoms with Gasteiger partial charge in [-0.1, -0.05) is 48.5 Å². The van der Waals surface area contributed by atoms with E-state index < -0.39 is 25.1 Å². The summed E-state index contributed by atoms with van der Waals surface area (Å²) >= 11 is 0. The molecule has 4 rings (SSSR count). The molecule has 0 N–H and O–H groups in total. The molecule has 2 heterocycles. The smallest absolute Gasteiger partial charge is 0.260 e. The van der Waals surface area contributed by atoms with Gasteiger partial charge in [0.1, 0.15) is 5.75 Å². The van der Waals surface area contributed by atoms with Crippen LogP contribution in [0.25, 0.3) is 0 Å². The second kappa shape index (κ2) is 9.82. The molecule has 2 aliphatic rings. The first-order chi connectivity index (χ1) is 15.7. The van der Waals surface area contributed by atoms with Crippen LogP contribution in [0.4, 0.5) is 0 Å². The molecular formula is C23H28N2O6S2. The molecule has 1 unspecified atom stereocenters. The fraction of sp³-hybridized carbons (Fsp3) is 0.435. The van der Waals surface area contributed by atoms with Gasteiger partial charge in [0.05, 0.1) is 16.8 Å². The van der Waals surface area contributed by atoms with Gasteiger partial charge < -0.3 is 9.64 Å². The Morgan fingerprint density at radius 3 is 2.30 bits per heavy atom. The van der Waals surface area contributed by atoms with Gasteiger partial charge in [0.2, 0.25) is 10.0 Å². The number of benzene rings is 2. The highest BCUT2D eigenvalue weighted by atomic mass is 32.2. The molecule has 33 heavy (non-hydrogen) atoms. The molecule has 2 saturated heterocycles. The molecule has 2 fully saturated rings. The summed E-state index contributed by atoms with van der Waals surface area (Å²) in [4.78, 5) is 14.3. The van der Waals surface area contributed by atoms with Crippen LogP contribution in [0.2, 0.25) is 0 Å². The van der Waals surface area contributed by atoms with E-state index in [0.29, 0.717) is 12.2 Å². The van der Waals surface area contributed by atoms with Crippen LogP contribution in [0, 0.1) is 0 Å². The third kappa shape index (κ3) is 5.74. The Kier molecular flexibility index (Phi) is 7.06. The summed E-state index contributed by atoms with van der Waals surface area (Å²) < 4.78 is 56.1. The Labute approximate surface area is 195 Å². The highest BCUT2D eigenvalue weighted by molar-refractivity contribution is 7.95. The van der Waals surface area contributed by atoms with Crippen molar-refractivity contribution in [2.75, 3.05) is 44.3 Å². The van der Waals surface area contributed by atoms with Crippen LogP contribution in [0.5, 0.6) is 5.75 Å². The van der Waals surface area contributed by atoms with Gasteiger partial charge in [-0.05, 0) is 23.6 Å². The van der Waals surface area contributed by atoms with Gasteiger partial charge in [0.25, 0.3) is 5.91 Å². The molecule has 0 saturated carbocycles. The van der Waals surface area contributed by atoms with Gasteiger partial charge in [0.15, 0.2) is 16.4 Å². The van der Waals surface area contributed by atoms with Gasteiger partial charge in [-0.25, -0.2) is 16.8 Å². The van der Waals surface area contributed by atoms with Crippen LogP contribution in [-0.2, 0) is 31.1 Å². The minimum Gasteiger partial charge on any atom is -0.483 e. The lowest BCUT2D eigenvalue weighted by atomic mass is 10.0. The molecule has 0 aromatic heterocycles. The first kappa shape index (κ1) is 23.7. The highest BCUT2D eigenvalue weighted by Crippen LogP contribution is 2.24. The molecule has 0 bridgehead atoms. The van der Waals surface area contributed by atoms with E-state index in [1.807, 2.05) is 54.6 Å². The van der Waals surface area contributed by atoms with E-state index in [0.717, 1.165) is 11.1 Å². The summed E-state index contributed by atoms with van der Waals surface area (Å²) in [6, 6.07) is 17.6. The summed E-state index contributed by atoms with van der Waals surface area (Å²) in [7, 11) is -6.97. The van der Waals surface area contributed by atoms with Crippen LogP contribution in [0.3, 0.4) is 0 Å². The van der Waals surface area contributed by atoms with Crippen molar-refractivity contribution in [2.24, 2.45) is 0 Å². The SMILES string of the molecule is O=C(COc1ccccc1Cc1ccccc1)N1CCN(S(=O)(=O)C2CCS(=O)(=O)C2)CC1. The highest BCUT2D eigenvalue weighted by Gasteiger charge is 2.41. The fourth-order valence-corrected chi connectivity index (χ4v) is 8.75. The normalized spacial score (nSPS) is 21.1. The molecule has 1 atom stereocenters. The predicted molar refractivity (Wildman–Crippen MR) is 125 cm³/mol. The molecular weight excluding hydrogens is 464 g/mol. The van der Waals surface area contributed by atoms with Gasteiger partial charge >= 0.3 is 0 Å². The first-order valence-corrected chi connectivity index (χ1v) is 14.3. The number of para-hydroxylation sites is 1. The second-order valence-corrected chi connectivity index (χ2v) is 12.9. The largest absolute Gasteiger partial charge is 0.483 e. The maximum Gasteiger partial charge on any atom is 0.260 e. The average molecular weight is 493 g/mol. The van der Waals surface area contributed by atoms with Crippen molar-refractivity contribution in [3.8, 4) is 5.75 Å². The van der Waals surface area contributed by atoms with E-state index in [9.17, 15) is 21.6 Å². The van der Waals surface area contributed by atoms with Crippen molar-refractivity contribution in [1.29, 1.82) is 0 Å². The number of ether oxygens (including phenoxy) is 1. The molecule has 2 aromatic carbocycles. The monoisotopic (exact) mass is 492 g/mol. The third-order valence-corrected chi connectivity index (χ3v) is 10.4. The number of nitrogens with zero attached hydrogens (tertiary/aromatic N) is 2. The van der Waals surface area contributed by atoms with Gasteiger partial charge in [0, 0.05) is 32.6 Å². The number of hydrogen-bond acceptors (Lipinski definition) is 6. The number of sulfone groups is 1. The van der Waals surface area contributed by atoms with Crippen LogP contribution < -0.4 is 4.74 Å². The Bertz CT molecular complexity index is 1190. The van der Waals surface area contributed by atoms with Crippen molar-refractivity contribution in [3.63, 3.8) is 0 Å². The van der Waals surface area contributed by atoms with E-state index in [-0.39, 0.29) is 56.6 Å². The summed E-state index contributed by atoms with van der Waals surface area (Å²) in [5.41, 5.74) is 2.13. The molecule has 2 aliphatic heterocycles. The minimum atomic E-state index is -3.69. The van der Waals surface area contributed by atoms with E-state index in [4.69, 9.17) is 4.74 Å². The lowest BCUT2D eigenvalue weighted by Crippen LogP contribution is -2.53. The number of carbonyl (C=O) groups is 1.